The van der Waals surface area contributed by atoms with Crippen LogP contribution in [0.3, 0.4) is 0 Å². The molecule has 3 nitrogen and oxygen atoms in total. The molecular formula is C15H17NO2. The normalized spacial score (nSPS) is 26.5. The van der Waals surface area contributed by atoms with Crippen molar-refractivity contribution in [3.8, 4) is 0 Å². The highest BCUT2D eigenvalue weighted by Crippen LogP contribution is 2.38. The summed E-state index contributed by atoms with van der Waals surface area (Å²) < 4.78 is 0. The molecular weight excluding hydrogens is 226 g/mol. The summed E-state index contributed by atoms with van der Waals surface area (Å²) in [6.45, 7) is 1.59. The minimum absolute atomic E-state index is 0.0947. The molecule has 2 fully saturated rings. The van der Waals surface area contributed by atoms with E-state index < -0.39 is 0 Å². The van der Waals surface area contributed by atoms with E-state index in [1.807, 2.05) is 24.3 Å². The Labute approximate surface area is 107 Å². The van der Waals surface area contributed by atoms with E-state index in [1.165, 1.54) is 0 Å². The molecule has 2 heterocycles. The molecule has 2 unspecified atom stereocenters. The second kappa shape index (κ2) is 4.23. The summed E-state index contributed by atoms with van der Waals surface area (Å²) in [5, 5.41) is 0. The third-order valence-corrected chi connectivity index (χ3v) is 4.10. The fourth-order valence-corrected chi connectivity index (χ4v) is 3.28. The number of fused-ring (bicyclic) bond motifs is 2. The van der Waals surface area contributed by atoms with Crippen LogP contribution in [0.2, 0.25) is 0 Å². The van der Waals surface area contributed by atoms with Crippen LogP contribution >= 0.6 is 0 Å². The van der Waals surface area contributed by atoms with Crippen molar-refractivity contribution in [3.63, 3.8) is 0 Å². The Hall–Kier alpha value is -1.64. The van der Waals surface area contributed by atoms with Crippen LogP contribution in [0.25, 0.3) is 0 Å². The van der Waals surface area contributed by atoms with Gasteiger partial charge in [-0.15, -0.1) is 0 Å². The lowest BCUT2D eigenvalue weighted by atomic mass is 10.00. The van der Waals surface area contributed by atoms with Crippen LogP contribution in [0.15, 0.2) is 24.3 Å². The van der Waals surface area contributed by atoms with Gasteiger partial charge < -0.3 is 4.90 Å². The fourth-order valence-electron chi connectivity index (χ4n) is 3.28. The van der Waals surface area contributed by atoms with Gasteiger partial charge in [-0.1, -0.05) is 12.1 Å². The number of anilines is 1. The number of hydrogen-bond acceptors (Lipinski definition) is 3. The summed E-state index contributed by atoms with van der Waals surface area (Å²) in [5.41, 5.74) is 1.85. The molecule has 0 N–H and O–H groups in total. The van der Waals surface area contributed by atoms with Gasteiger partial charge in [0.15, 0.2) is 5.78 Å². The summed E-state index contributed by atoms with van der Waals surface area (Å²) in [4.78, 5) is 25.4. The summed E-state index contributed by atoms with van der Waals surface area (Å²) in [6.07, 6.45) is 3.53. The van der Waals surface area contributed by atoms with Crippen LogP contribution in [0.5, 0.6) is 0 Å². The van der Waals surface area contributed by atoms with E-state index in [-0.39, 0.29) is 5.78 Å². The number of piperidine rings is 1. The highest BCUT2D eigenvalue weighted by atomic mass is 16.1. The standard InChI is InChI=1S/C15H17NO2/c1-10(17)11-3-2-4-12(7-11)16-13-5-6-14(16)9-15(18)8-13/h2-4,7,13-14H,5-6,8-9H2,1H3. The number of hydrogen-bond donors (Lipinski definition) is 0. The van der Waals surface area contributed by atoms with Crippen molar-refractivity contribution in [2.45, 2.75) is 44.7 Å². The molecule has 0 spiro atoms. The third kappa shape index (κ3) is 1.84. The van der Waals surface area contributed by atoms with E-state index in [0.29, 0.717) is 30.7 Å². The van der Waals surface area contributed by atoms with Crippen molar-refractivity contribution in [2.75, 3.05) is 4.90 Å². The Kier molecular flexibility index (Phi) is 2.69. The molecule has 3 heteroatoms. The molecule has 94 valence electrons. The summed E-state index contributed by atoms with van der Waals surface area (Å²) >= 11 is 0. The SMILES string of the molecule is CC(=O)c1cccc(N2C3CCC2CC(=O)C3)c1. The molecule has 3 rings (SSSR count). The average Bonchev–Trinajstić information content (AvgIpc) is 2.62. The van der Waals surface area contributed by atoms with Gasteiger partial charge >= 0.3 is 0 Å². The molecule has 0 amide bonds. The molecule has 2 aliphatic heterocycles. The maximum absolute atomic E-state index is 11.6. The Balaban J connectivity index is 1.93. The van der Waals surface area contributed by atoms with E-state index in [0.717, 1.165) is 24.1 Å². The molecule has 0 aromatic heterocycles. The van der Waals surface area contributed by atoms with Crippen LogP contribution < -0.4 is 4.90 Å². The van der Waals surface area contributed by atoms with Crippen LogP contribution in [-0.4, -0.2) is 23.7 Å². The number of benzene rings is 1. The van der Waals surface area contributed by atoms with E-state index in [4.69, 9.17) is 0 Å². The molecule has 0 aliphatic carbocycles. The smallest absolute Gasteiger partial charge is 0.159 e. The predicted molar refractivity (Wildman–Crippen MR) is 70.0 cm³/mol. The maximum Gasteiger partial charge on any atom is 0.159 e. The molecule has 2 aliphatic rings. The molecule has 0 radical (unpaired) electrons. The summed E-state index contributed by atoms with van der Waals surface area (Å²) in [7, 11) is 0. The number of Topliss-reactive ketones (excluding diaryl/α,β-unsaturated/α-hetero) is 2. The minimum atomic E-state index is 0.0947. The van der Waals surface area contributed by atoms with Gasteiger partial charge in [0.2, 0.25) is 0 Å². The minimum Gasteiger partial charge on any atom is -0.365 e. The van der Waals surface area contributed by atoms with Crippen LogP contribution in [0.4, 0.5) is 5.69 Å². The Morgan fingerprint density at radius 1 is 1.22 bits per heavy atom. The zero-order chi connectivity index (χ0) is 12.7. The van der Waals surface area contributed by atoms with Gasteiger partial charge in [-0.25, -0.2) is 0 Å². The van der Waals surface area contributed by atoms with Crippen molar-refractivity contribution in [2.24, 2.45) is 0 Å². The Bertz CT molecular complexity index is 493. The highest BCUT2D eigenvalue weighted by Gasteiger charge is 2.40. The molecule has 2 saturated heterocycles. The zero-order valence-electron chi connectivity index (χ0n) is 10.6. The van der Waals surface area contributed by atoms with Crippen LogP contribution in [-0.2, 0) is 4.79 Å². The Morgan fingerprint density at radius 2 is 1.89 bits per heavy atom. The quantitative estimate of drug-likeness (QED) is 0.749. The van der Waals surface area contributed by atoms with E-state index >= 15 is 0 Å². The zero-order valence-corrected chi connectivity index (χ0v) is 10.6. The summed E-state index contributed by atoms with van der Waals surface area (Å²) in [6, 6.07) is 8.49. The van der Waals surface area contributed by atoms with Crippen molar-refractivity contribution in [1.82, 2.24) is 0 Å². The Morgan fingerprint density at radius 3 is 2.50 bits per heavy atom. The fraction of sp³-hybridized carbons (Fsp3) is 0.467. The number of rotatable bonds is 2. The van der Waals surface area contributed by atoms with Crippen molar-refractivity contribution in [1.29, 1.82) is 0 Å². The van der Waals surface area contributed by atoms with Gasteiger partial charge in [0.1, 0.15) is 5.78 Å². The second-order valence-corrected chi connectivity index (χ2v) is 5.35. The lowest BCUT2D eigenvalue weighted by molar-refractivity contribution is -0.120. The molecule has 1 aromatic rings. The topological polar surface area (TPSA) is 37.4 Å². The molecule has 2 atom stereocenters. The molecule has 1 aromatic carbocycles. The van der Waals surface area contributed by atoms with Crippen molar-refractivity contribution in [3.05, 3.63) is 29.8 Å². The first-order valence-corrected chi connectivity index (χ1v) is 6.56. The van der Waals surface area contributed by atoms with Gasteiger partial charge in [0.05, 0.1) is 0 Å². The number of nitrogens with zero attached hydrogens (tertiary/aromatic N) is 1. The van der Waals surface area contributed by atoms with E-state index in [2.05, 4.69) is 4.90 Å². The van der Waals surface area contributed by atoms with Crippen molar-refractivity contribution < 1.29 is 9.59 Å². The van der Waals surface area contributed by atoms with Gasteiger partial charge in [-0.3, -0.25) is 9.59 Å². The molecule has 18 heavy (non-hydrogen) atoms. The largest absolute Gasteiger partial charge is 0.365 e. The van der Waals surface area contributed by atoms with Crippen LogP contribution in [0.1, 0.15) is 43.0 Å². The first-order chi connectivity index (χ1) is 8.65. The van der Waals surface area contributed by atoms with Gasteiger partial charge in [-0.05, 0) is 31.9 Å². The van der Waals surface area contributed by atoms with Gasteiger partial charge in [0.25, 0.3) is 0 Å². The maximum atomic E-state index is 11.6. The first-order valence-electron chi connectivity index (χ1n) is 6.56. The predicted octanol–water partition coefficient (Wildman–Crippen LogP) is 2.59. The van der Waals surface area contributed by atoms with Crippen LogP contribution in [0, 0.1) is 0 Å². The number of carbonyl (C=O) groups excluding carboxylic acids is 2. The molecule has 0 saturated carbocycles. The summed E-state index contributed by atoms with van der Waals surface area (Å²) in [5.74, 6) is 0.485. The second-order valence-electron chi connectivity index (χ2n) is 5.35. The first kappa shape index (κ1) is 11.5. The average molecular weight is 243 g/mol. The van der Waals surface area contributed by atoms with Crippen molar-refractivity contribution >= 4 is 17.3 Å². The van der Waals surface area contributed by atoms with Gasteiger partial charge in [0, 0.05) is 36.2 Å². The monoisotopic (exact) mass is 243 g/mol. The van der Waals surface area contributed by atoms with E-state index in [1.54, 1.807) is 6.92 Å². The third-order valence-electron chi connectivity index (χ3n) is 4.10. The van der Waals surface area contributed by atoms with E-state index in [9.17, 15) is 9.59 Å². The lowest BCUT2D eigenvalue weighted by Gasteiger charge is -2.36. The molecule has 2 bridgehead atoms. The number of ketones is 2. The van der Waals surface area contributed by atoms with Gasteiger partial charge in [-0.2, -0.15) is 0 Å². The lowest BCUT2D eigenvalue weighted by Crippen LogP contribution is -2.43. The highest BCUT2D eigenvalue weighted by molar-refractivity contribution is 5.95. The number of carbonyl (C=O) groups is 2.